The monoisotopic (exact) mass is 399 g/mol. The molecule has 28 heavy (non-hydrogen) atoms. The summed E-state index contributed by atoms with van der Waals surface area (Å²) >= 11 is 1.26. The number of amides is 2. The summed E-state index contributed by atoms with van der Waals surface area (Å²) in [7, 11) is 3.41. The molecule has 2 aromatic heterocycles. The third-order valence-electron chi connectivity index (χ3n) is 4.04. The van der Waals surface area contributed by atoms with Gasteiger partial charge in [0.1, 0.15) is 0 Å². The van der Waals surface area contributed by atoms with Crippen molar-refractivity contribution in [3.05, 3.63) is 48.2 Å². The largest absolute Gasteiger partial charge is 0.461 e. The van der Waals surface area contributed by atoms with Gasteiger partial charge in [0.25, 0.3) is 0 Å². The molecule has 9 heteroatoms. The van der Waals surface area contributed by atoms with E-state index in [1.807, 2.05) is 38.2 Å². The van der Waals surface area contributed by atoms with E-state index in [0.29, 0.717) is 22.4 Å². The van der Waals surface area contributed by atoms with Gasteiger partial charge in [0, 0.05) is 19.8 Å². The summed E-state index contributed by atoms with van der Waals surface area (Å²) in [5.41, 5.74) is 1.82. The Balaban J connectivity index is 1.50. The van der Waals surface area contributed by atoms with E-state index in [1.54, 1.807) is 30.0 Å². The van der Waals surface area contributed by atoms with Gasteiger partial charge in [-0.25, -0.2) is 0 Å². The molecule has 0 aliphatic carbocycles. The van der Waals surface area contributed by atoms with E-state index in [9.17, 15) is 9.59 Å². The molecule has 0 bridgehead atoms. The van der Waals surface area contributed by atoms with E-state index in [2.05, 4.69) is 15.5 Å². The molecule has 0 saturated carbocycles. The molecule has 0 aliphatic heterocycles. The standard InChI is InChI=1S/C19H21N5O3S/c1-13-6-8-14(9-7-13)20-16(25)11-23(2)17(26)12-28-19-22-21-18(24(19)3)15-5-4-10-27-15/h4-10H,11-12H2,1-3H3,(H,20,25). The number of nitrogens with one attached hydrogen (secondary N) is 1. The smallest absolute Gasteiger partial charge is 0.243 e. The molecule has 1 aromatic carbocycles. The Labute approximate surface area is 166 Å². The fourth-order valence-corrected chi connectivity index (χ4v) is 3.29. The molecule has 0 radical (unpaired) electrons. The first-order valence-electron chi connectivity index (χ1n) is 8.60. The minimum absolute atomic E-state index is 0.0241. The number of rotatable bonds is 7. The van der Waals surface area contributed by atoms with Gasteiger partial charge in [-0.3, -0.25) is 9.59 Å². The molecule has 3 rings (SSSR count). The van der Waals surface area contributed by atoms with Gasteiger partial charge in [-0.05, 0) is 31.2 Å². The Morgan fingerprint density at radius 3 is 2.64 bits per heavy atom. The maximum Gasteiger partial charge on any atom is 0.243 e. The van der Waals surface area contributed by atoms with Crippen LogP contribution in [0, 0.1) is 6.92 Å². The highest BCUT2D eigenvalue weighted by Gasteiger charge is 2.17. The number of nitrogens with zero attached hydrogens (tertiary/aromatic N) is 4. The van der Waals surface area contributed by atoms with E-state index >= 15 is 0 Å². The van der Waals surface area contributed by atoms with Crippen LogP contribution >= 0.6 is 11.8 Å². The zero-order valence-corrected chi connectivity index (χ0v) is 16.7. The van der Waals surface area contributed by atoms with Gasteiger partial charge in [-0.15, -0.1) is 10.2 Å². The molecule has 3 aromatic rings. The first-order chi connectivity index (χ1) is 13.4. The molecule has 0 atom stereocenters. The topological polar surface area (TPSA) is 93.3 Å². The zero-order chi connectivity index (χ0) is 20.1. The van der Waals surface area contributed by atoms with Crippen LogP contribution in [0.15, 0.2) is 52.2 Å². The molecule has 146 valence electrons. The number of thioether (sulfide) groups is 1. The highest BCUT2D eigenvalue weighted by Crippen LogP contribution is 2.22. The van der Waals surface area contributed by atoms with Crippen molar-refractivity contribution >= 4 is 29.3 Å². The molecule has 2 heterocycles. The summed E-state index contributed by atoms with van der Waals surface area (Å²) in [5, 5.41) is 11.6. The number of furan rings is 1. The second-order valence-electron chi connectivity index (χ2n) is 6.30. The number of hydrogen-bond donors (Lipinski definition) is 1. The maximum atomic E-state index is 12.3. The number of likely N-dealkylation sites (N-methyl/N-ethyl adjacent to an activating group) is 1. The number of anilines is 1. The number of carbonyl (C=O) groups is 2. The van der Waals surface area contributed by atoms with Gasteiger partial charge in [0.05, 0.1) is 18.6 Å². The second-order valence-corrected chi connectivity index (χ2v) is 7.24. The number of benzene rings is 1. The van der Waals surface area contributed by atoms with Gasteiger partial charge in [0.15, 0.2) is 16.7 Å². The summed E-state index contributed by atoms with van der Waals surface area (Å²) in [4.78, 5) is 25.9. The summed E-state index contributed by atoms with van der Waals surface area (Å²) in [6.45, 7) is 1.95. The first-order valence-corrected chi connectivity index (χ1v) is 9.59. The van der Waals surface area contributed by atoms with E-state index in [0.717, 1.165) is 5.56 Å². The lowest BCUT2D eigenvalue weighted by Crippen LogP contribution is -2.36. The molecule has 2 amide bonds. The van der Waals surface area contributed by atoms with Gasteiger partial charge in [-0.1, -0.05) is 29.5 Å². The quantitative estimate of drug-likeness (QED) is 0.614. The molecule has 0 spiro atoms. The minimum Gasteiger partial charge on any atom is -0.461 e. The number of hydrogen-bond acceptors (Lipinski definition) is 6. The van der Waals surface area contributed by atoms with Crippen LogP contribution in [0.3, 0.4) is 0 Å². The van der Waals surface area contributed by atoms with Crippen LogP contribution in [0.25, 0.3) is 11.6 Å². The Morgan fingerprint density at radius 1 is 1.21 bits per heavy atom. The van der Waals surface area contributed by atoms with Gasteiger partial charge in [0.2, 0.25) is 11.8 Å². The van der Waals surface area contributed by atoms with Crippen LogP contribution in [0.5, 0.6) is 0 Å². The Kier molecular flexibility index (Phi) is 6.15. The predicted molar refractivity (Wildman–Crippen MR) is 107 cm³/mol. The summed E-state index contributed by atoms with van der Waals surface area (Å²) in [6, 6.07) is 11.1. The van der Waals surface area contributed by atoms with Crippen molar-refractivity contribution in [3.8, 4) is 11.6 Å². The van der Waals surface area contributed by atoms with Gasteiger partial charge >= 0.3 is 0 Å². The lowest BCUT2D eigenvalue weighted by atomic mass is 10.2. The van der Waals surface area contributed by atoms with Crippen molar-refractivity contribution in [1.29, 1.82) is 0 Å². The fourth-order valence-electron chi connectivity index (χ4n) is 2.44. The van der Waals surface area contributed by atoms with E-state index in [1.165, 1.54) is 16.7 Å². The minimum atomic E-state index is -0.247. The van der Waals surface area contributed by atoms with Crippen molar-refractivity contribution in [3.63, 3.8) is 0 Å². The van der Waals surface area contributed by atoms with E-state index < -0.39 is 0 Å². The lowest BCUT2D eigenvalue weighted by Gasteiger charge is -2.16. The molecule has 0 unspecified atom stereocenters. The second kappa shape index (κ2) is 8.75. The maximum absolute atomic E-state index is 12.3. The lowest BCUT2D eigenvalue weighted by molar-refractivity contribution is -0.131. The molecular formula is C19H21N5O3S. The molecular weight excluding hydrogens is 378 g/mol. The SMILES string of the molecule is Cc1ccc(NC(=O)CN(C)C(=O)CSc2nnc(-c3ccco3)n2C)cc1. The number of carbonyl (C=O) groups excluding carboxylic acids is 2. The van der Waals surface area contributed by atoms with Crippen molar-refractivity contribution in [1.82, 2.24) is 19.7 Å². The van der Waals surface area contributed by atoms with Crippen molar-refractivity contribution in [2.45, 2.75) is 12.1 Å². The predicted octanol–water partition coefficient (Wildman–Crippen LogP) is 2.57. The molecule has 0 aliphatic rings. The average Bonchev–Trinajstić information content (AvgIpc) is 3.31. The molecule has 1 N–H and O–H groups in total. The molecule has 0 fully saturated rings. The van der Waals surface area contributed by atoms with Crippen LogP contribution in [-0.2, 0) is 16.6 Å². The van der Waals surface area contributed by atoms with Crippen LogP contribution in [0.4, 0.5) is 5.69 Å². The van der Waals surface area contributed by atoms with Crippen LogP contribution < -0.4 is 5.32 Å². The summed E-state index contributed by atoms with van der Waals surface area (Å²) in [6.07, 6.45) is 1.57. The fraction of sp³-hybridized carbons (Fsp3) is 0.263. The van der Waals surface area contributed by atoms with E-state index in [4.69, 9.17) is 4.42 Å². The third kappa shape index (κ3) is 4.80. The first kappa shape index (κ1) is 19.7. The van der Waals surface area contributed by atoms with Crippen molar-refractivity contribution in [2.75, 3.05) is 24.7 Å². The number of aryl methyl sites for hydroxylation is 1. The number of aromatic nitrogens is 3. The Morgan fingerprint density at radius 2 is 1.96 bits per heavy atom. The average molecular weight is 399 g/mol. The van der Waals surface area contributed by atoms with Crippen LogP contribution in [0.2, 0.25) is 0 Å². The Hall–Kier alpha value is -3.07. The zero-order valence-electron chi connectivity index (χ0n) is 15.9. The third-order valence-corrected chi connectivity index (χ3v) is 5.05. The molecule has 8 nitrogen and oxygen atoms in total. The van der Waals surface area contributed by atoms with Crippen LogP contribution in [0.1, 0.15) is 5.56 Å². The van der Waals surface area contributed by atoms with E-state index in [-0.39, 0.29) is 24.1 Å². The van der Waals surface area contributed by atoms with Crippen LogP contribution in [-0.4, -0.2) is 50.8 Å². The Bertz CT molecular complexity index is 951. The van der Waals surface area contributed by atoms with Crippen molar-refractivity contribution in [2.24, 2.45) is 7.05 Å². The normalized spacial score (nSPS) is 10.7. The van der Waals surface area contributed by atoms with Gasteiger partial charge < -0.3 is 19.2 Å². The summed E-state index contributed by atoms with van der Waals surface area (Å²) in [5.74, 6) is 0.928. The molecule has 0 saturated heterocycles. The van der Waals surface area contributed by atoms with Gasteiger partial charge in [-0.2, -0.15) is 0 Å². The highest BCUT2D eigenvalue weighted by atomic mass is 32.2. The summed E-state index contributed by atoms with van der Waals surface area (Å²) < 4.78 is 7.09. The van der Waals surface area contributed by atoms with Crippen molar-refractivity contribution < 1.29 is 14.0 Å². The highest BCUT2D eigenvalue weighted by molar-refractivity contribution is 7.99.